The summed E-state index contributed by atoms with van der Waals surface area (Å²) in [6, 6.07) is 45.9. The second-order valence-electron chi connectivity index (χ2n) is 20.5. The molecule has 25 heteroatoms. The van der Waals surface area contributed by atoms with Gasteiger partial charge in [-0.15, -0.1) is 0 Å². The van der Waals surface area contributed by atoms with Crippen molar-refractivity contribution in [2.45, 2.75) is 188 Å². The van der Waals surface area contributed by atoms with Crippen molar-refractivity contribution in [1.29, 1.82) is 0 Å². The molecule has 15 nitrogen and oxygen atoms in total. The summed E-state index contributed by atoms with van der Waals surface area (Å²) in [7, 11) is -0.420. The summed E-state index contributed by atoms with van der Waals surface area (Å²) in [4.78, 5) is 10.8. The average Bonchev–Trinajstić information content (AvgIpc) is 1.34. The van der Waals surface area contributed by atoms with E-state index in [-0.39, 0.29) is 29.2 Å². The van der Waals surface area contributed by atoms with Gasteiger partial charge in [-0.05, 0) is 157 Å². The molecule has 0 aromatic heterocycles. The van der Waals surface area contributed by atoms with Gasteiger partial charge in [0.1, 0.15) is 17.1 Å². The van der Waals surface area contributed by atoms with Crippen LogP contribution < -0.4 is 14.8 Å². The van der Waals surface area contributed by atoms with E-state index in [1.807, 2.05) is 246 Å². The van der Waals surface area contributed by atoms with Crippen LogP contribution in [0.25, 0.3) is 0 Å². The first-order chi connectivity index (χ1) is 45.9. The molecule has 97 heavy (non-hydrogen) atoms. The van der Waals surface area contributed by atoms with E-state index >= 15 is 0 Å². The number of esters is 1. The normalized spacial score (nSPS) is 11.2. The number of hydrogen-bond acceptors (Lipinski definition) is 15. The molecule has 4 N–H and O–H groups in total. The number of carbonyl (C=O) groups is 1. The number of hydrogen-bond donors (Lipinski definition) is 4. The minimum absolute atomic E-state index is 0.0463. The first kappa shape index (κ1) is 107. The van der Waals surface area contributed by atoms with Crippen molar-refractivity contribution in [1.82, 2.24) is 0 Å². The summed E-state index contributed by atoms with van der Waals surface area (Å²) in [6.07, 6.45) is 0.451. The molecular weight excluding hydrogens is 1670 g/mol. The summed E-state index contributed by atoms with van der Waals surface area (Å²) in [6.45, 7) is 53.3. The van der Waals surface area contributed by atoms with Crippen LogP contribution in [0.2, 0.25) is 18.1 Å². The van der Waals surface area contributed by atoms with Gasteiger partial charge in [-0.1, -0.05) is 260 Å². The van der Waals surface area contributed by atoms with Crippen LogP contribution in [0.4, 0.5) is 0 Å². The Morgan fingerprint density at radius 1 is 0.567 bits per heavy atom. The van der Waals surface area contributed by atoms with Crippen molar-refractivity contribution < 1.29 is 91.3 Å². The number of ether oxygens (including phenoxy) is 6. The van der Waals surface area contributed by atoms with E-state index in [0.29, 0.717) is 44.7 Å². The van der Waals surface area contributed by atoms with Crippen LogP contribution in [-0.2, 0) is 68.4 Å². The molecule has 2 aliphatic rings. The van der Waals surface area contributed by atoms with Gasteiger partial charge in [-0.2, -0.15) is 0 Å². The molecule has 2 heterocycles. The van der Waals surface area contributed by atoms with Crippen LogP contribution >= 0.6 is 79.6 Å². The van der Waals surface area contributed by atoms with Crippen LogP contribution in [0.15, 0.2) is 180 Å². The summed E-state index contributed by atoms with van der Waals surface area (Å²) < 4.78 is 58.5. The van der Waals surface area contributed by atoms with E-state index in [9.17, 15) is 4.79 Å². The van der Waals surface area contributed by atoms with Crippen molar-refractivity contribution in [2.75, 3.05) is 33.5 Å². The molecule has 0 amide bonds. The first-order valence-electron chi connectivity index (χ1n) is 31.9. The van der Waals surface area contributed by atoms with Gasteiger partial charge in [0.15, 0.2) is 12.6 Å². The zero-order valence-corrected chi connectivity index (χ0v) is 72.4. The Morgan fingerprint density at radius 2 is 0.948 bits per heavy atom. The van der Waals surface area contributed by atoms with Gasteiger partial charge >= 0.3 is 52.7 Å². The van der Waals surface area contributed by atoms with Gasteiger partial charge in [-0.25, -0.2) is 0 Å². The average molecular weight is 1790 g/mol. The standard InChI is InChI=1S/C12H26O2Si.C9H10O2.C7H8BBrO2.2C7H7BBrO2.2C6H5Br.2C4H8O2.5C2H6.Ag.O/c1-10(13-11(2,3)4)14-15(8,9)12(5,6)7;1-11-9(10)7-8-5-3-2-4-6-8;1-5-4-6(9)2-3-7(5)8(10)11;1-5-2-3-6(9)4-7(5)11-8-10;1-5-6(9)3-2-4-7(5)11-8-10;2*7-6-4-2-1-3-5-6;2*1-4-5-2-3-6-4;5*1-2;;/h1H2,2-9H3;2-6H,7H2,1H3;2-4,10-11H,1H3;2*2-4,10H,1H3;2*1-5H;2*4H,2-3H2,1H3;5*1-2H3;;. The second-order valence-corrected chi connectivity index (χ2v) is 29.7. The van der Waals surface area contributed by atoms with E-state index in [1.165, 1.54) is 7.11 Å². The Morgan fingerprint density at radius 3 is 1.27 bits per heavy atom. The molecule has 551 valence electrons. The number of methoxy groups -OCH3 is 1. The van der Waals surface area contributed by atoms with E-state index in [4.69, 9.17) is 60.8 Å². The van der Waals surface area contributed by atoms with Crippen molar-refractivity contribution in [3.05, 3.63) is 203 Å². The zero-order valence-electron chi connectivity index (χ0n) is 62.0. The maximum absolute atomic E-state index is 10.8. The summed E-state index contributed by atoms with van der Waals surface area (Å²) >= 11 is 18.2. The Labute approximate surface area is 643 Å². The number of carbonyl (C=O) groups excluding carboxylic acids is 1. The quantitative estimate of drug-likeness (QED) is 0.0573. The predicted molar refractivity (Wildman–Crippen MR) is 423 cm³/mol. The van der Waals surface area contributed by atoms with Gasteiger partial charge in [0.05, 0.1) is 40.0 Å². The molecule has 6 aromatic rings. The van der Waals surface area contributed by atoms with E-state index in [0.717, 1.165) is 71.0 Å². The molecule has 0 aliphatic carbocycles. The van der Waals surface area contributed by atoms with Gasteiger partial charge < -0.3 is 62.3 Å². The van der Waals surface area contributed by atoms with Crippen molar-refractivity contribution in [3.63, 3.8) is 0 Å². The molecule has 0 atom stereocenters. The van der Waals surface area contributed by atoms with Gasteiger partial charge in [0, 0.05) is 27.9 Å². The summed E-state index contributed by atoms with van der Waals surface area (Å²) in [5.41, 5.74) is 4.12. The molecule has 0 unspecified atom stereocenters. The first-order valence-corrected chi connectivity index (χ1v) is 39.4. The number of rotatable bonds is 10. The van der Waals surface area contributed by atoms with E-state index in [2.05, 4.69) is 125 Å². The molecule has 2 saturated heterocycles. The number of aryl methyl sites for hydroxylation is 2. The molecule has 0 bridgehead atoms. The third kappa shape index (κ3) is 63.4. The number of halogens is 5. The summed E-state index contributed by atoms with van der Waals surface area (Å²) in [5.74, 6) is 1.56. The zero-order chi connectivity index (χ0) is 76.6. The van der Waals surface area contributed by atoms with Crippen molar-refractivity contribution >= 4 is 122 Å². The maximum atomic E-state index is 10.8. The third-order valence-electron chi connectivity index (χ3n) is 11.3. The second kappa shape index (κ2) is 69.8. The molecule has 0 saturated carbocycles. The molecule has 6 aromatic carbocycles. The Balaban J connectivity index is -0.000000186. The Hall–Kier alpha value is -3.24. The van der Waals surface area contributed by atoms with Crippen molar-refractivity contribution in [3.8, 4) is 11.5 Å². The summed E-state index contributed by atoms with van der Waals surface area (Å²) in [5, 5.41) is 34.6. The van der Waals surface area contributed by atoms with Gasteiger partial charge in [-0.3, -0.25) is 4.79 Å². The Bertz CT molecular complexity index is 2690. The molecular formula is C72H114AgB3Br5O15Si. The van der Waals surface area contributed by atoms with Gasteiger partial charge in [0.2, 0.25) is 0 Å². The SMILES string of the molecule is Brc1ccccc1.Brc1ccccc1.C=C(OC(C)(C)C)O[Si](C)(C)C(C)(C)C.CC.CC.CC.CC.CC.CC1OCCO1.CC1OCCO1.COC(=O)Cc1ccccc1.Cc1c(Br)cccc1O[B]O.Cc1cc(Br)ccc1B(O)O.Cc1ccc(Br)cc1O[B]O.[O]=[Ag]. The third-order valence-corrected chi connectivity index (χ3v) is 18.5. The monoisotopic (exact) mass is 1780 g/mol. The Kier molecular flexibility index (Phi) is 77.2. The molecule has 2 aliphatic heterocycles. The molecule has 0 spiro atoms. The molecule has 8 rings (SSSR count). The van der Waals surface area contributed by atoms with E-state index in [1.54, 1.807) is 45.3 Å². The van der Waals surface area contributed by atoms with Crippen LogP contribution in [0.1, 0.15) is 147 Å². The van der Waals surface area contributed by atoms with E-state index < -0.39 is 15.4 Å². The van der Waals surface area contributed by atoms with Gasteiger partial charge in [0.25, 0.3) is 14.3 Å². The minimum atomic E-state index is -1.79. The predicted octanol–water partition coefficient (Wildman–Crippen LogP) is 20.1. The molecule has 2 fully saturated rings. The topological polar surface area (TPSA) is 198 Å². The fraction of sp³-hybridized carbons (Fsp3) is 0.458. The van der Waals surface area contributed by atoms with Crippen molar-refractivity contribution in [2.24, 2.45) is 0 Å². The van der Waals surface area contributed by atoms with Crippen LogP contribution in [-0.4, -0.2) is 109 Å². The van der Waals surface area contributed by atoms with Crippen LogP contribution in [0, 0.1) is 20.8 Å². The van der Waals surface area contributed by atoms with Crippen LogP contribution in [0.3, 0.4) is 0 Å². The number of benzene rings is 6. The molecule has 2 radical (unpaired) electrons. The fourth-order valence-electron chi connectivity index (χ4n) is 5.88. The van der Waals surface area contributed by atoms with Crippen LogP contribution in [0.5, 0.6) is 11.5 Å². The fourth-order valence-corrected chi connectivity index (χ4v) is 8.57.